The van der Waals surface area contributed by atoms with E-state index in [9.17, 15) is 8.78 Å². The van der Waals surface area contributed by atoms with Gasteiger partial charge in [0, 0.05) is 0 Å². The van der Waals surface area contributed by atoms with Crippen molar-refractivity contribution in [2.75, 3.05) is 0 Å². The maximum absolute atomic E-state index is 10.5. The zero-order chi connectivity index (χ0) is 5.15. The van der Waals surface area contributed by atoms with Gasteiger partial charge >= 0.3 is 12.1 Å². The Morgan fingerprint density at radius 2 is 1.17 bits per heavy atom. The molecule has 0 radical (unpaired) electrons. The highest BCUT2D eigenvalue weighted by Crippen LogP contribution is 1.74. The van der Waals surface area contributed by atoms with E-state index in [1.54, 1.807) is 0 Å². The topological polar surface area (TPSA) is 34.1 Å². The fourth-order valence-electron chi connectivity index (χ4n) is 0. The number of hydrogen-bond acceptors (Lipinski definition) is 2. The monoisotopic (exact) mass is 94.0 g/mol. The van der Waals surface area contributed by atoms with Crippen molar-refractivity contribution in [2.45, 2.75) is 0 Å². The molecule has 0 N–H and O–H groups in total. The van der Waals surface area contributed by atoms with Gasteiger partial charge in [-0.25, -0.2) is 9.59 Å². The first-order chi connectivity index (χ1) is 2.64. The van der Waals surface area contributed by atoms with Gasteiger partial charge in [0.05, 0.1) is 0 Å². The smallest absolute Gasteiger partial charge is 0.249 e. The molecule has 0 saturated carbocycles. The van der Waals surface area contributed by atoms with Crippen LogP contribution in [0, 0.1) is 0 Å². The Morgan fingerprint density at radius 1 is 1.00 bits per heavy atom. The van der Waals surface area contributed by atoms with E-state index in [4.69, 9.17) is 9.59 Å². The molecule has 0 rings (SSSR count). The molecule has 34 valence electrons. The normalized spacial score (nSPS) is 7.67. The predicted octanol–water partition coefficient (Wildman–Crippen LogP) is -0.0214. The van der Waals surface area contributed by atoms with Gasteiger partial charge in [-0.15, -0.1) is 0 Å². The molecule has 0 unspecified atom stereocenters. The highest BCUT2D eigenvalue weighted by atomic mass is 19.2. The van der Waals surface area contributed by atoms with Gasteiger partial charge < -0.3 is 0 Å². The van der Waals surface area contributed by atoms with Crippen LogP contribution >= 0.6 is 0 Å². The molecule has 0 aromatic rings. The third kappa shape index (κ3) is 1.51. The van der Waals surface area contributed by atoms with Crippen LogP contribution in [0.4, 0.5) is 8.78 Å². The summed E-state index contributed by atoms with van der Waals surface area (Å²) in [6.45, 7) is 0. The third-order valence-corrected chi connectivity index (χ3v) is 0.155. The van der Waals surface area contributed by atoms with Crippen LogP contribution < -0.4 is 0 Å². The second-order valence-electron chi connectivity index (χ2n) is 0.547. The van der Waals surface area contributed by atoms with Crippen molar-refractivity contribution in [1.82, 2.24) is 0 Å². The van der Waals surface area contributed by atoms with E-state index in [1.165, 1.54) is 0 Å². The fraction of sp³-hybridized carbons (Fsp3) is 0. The number of carbonyl (C=O) groups is 2. The van der Waals surface area contributed by atoms with Crippen LogP contribution in [-0.2, 0) is 9.59 Å². The van der Waals surface area contributed by atoms with Crippen molar-refractivity contribution in [3.8, 4) is 0 Å². The van der Waals surface area contributed by atoms with E-state index in [1.807, 2.05) is 0 Å². The molecule has 0 bridgehead atoms. The molecule has 0 aliphatic heterocycles. The molecule has 6 heavy (non-hydrogen) atoms. The van der Waals surface area contributed by atoms with Gasteiger partial charge in [0.15, 0.2) is 0 Å². The second kappa shape index (κ2) is 1.59. The number of hydrogen-bond donors (Lipinski definition) is 0. The molecule has 0 aliphatic rings. The Bertz CT molecular complexity index is 75.5. The Hall–Kier alpha value is -0.800. The summed E-state index contributed by atoms with van der Waals surface area (Å²) >= 11 is 0. The number of carbonyl (C=O) groups excluding carboxylic acids is 2. The fourth-order valence-corrected chi connectivity index (χ4v) is 0. The lowest BCUT2D eigenvalue weighted by molar-refractivity contribution is -0.149. The summed E-state index contributed by atoms with van der Waals surface area (Å²) in [6.07, 6.45) is 0. The molecule has 4 heteroatoms. The van der Waals surface area contributed by atoms with Crippen molar-refractivity contribution in [2.24, 2.45) is 0 Å². The summed E-state index contributed by atoms with van der Waals surface area (Å²) in [5, 5.41) is 0. The van der Waals surface area contributed by atoms with E-state index in [0.717, 1.165) is 0 Å². The van der Waals surface area contributed by atoms with Gasteiger partial charge in [0.25, 0.3) is 0 Å². The molecule has 0 aromatic carbocycles. The molecular weight excluding hydrogens is 94.0 g/mol. The minimum Gasteiger partial charge on any atom is -0.249 e. The highest BCUT2D eigenvalue weighted by Gasteiger charge is 2.07. The van der Waals surface area contributed by atoms with Crippen molar-refractivity contribution in [3.63, 3.8) is 0 Å². The molecule has 0 heterocycles. The summed E-state index contributed by atoms with van der Waals surface area (Å²) < 4.78 is 20.9. The molecule has 0 fully saturated rings. The Kier molecular flexibility index (Phi) is 1.38. The average Bonchev–Trinajstić information content (AvgIpc) is 1.36. The van der Waals surface area contributed by atoms with Crippen molar-refractivity contribution < 1.29 is 18.4 Å². The van der Waals surface area contributed by atoms with Crippen LogP contribution in [0.5, 0.6) is 0 Å². The second-order valence-corrected chi connectivity index (χ2v) is 0.547. The Balaban J connectivity index is 3.57. The van der Waals surface area contributed by atoms with E-state index in [0.29, 0.717) is 0 Å². The van der Waals surface area contributed by atoms with Gasteiger partial charge in [0.2, 0.25) is 0 Å². The van der Waals surface area contributed by atoms with Crippen LogP contribution in [0.1, 0.15) is 0 Å². The van der Waals surface area contributed by atoms with Gasteiger partial charge in [-0.05, 0) is 0 Å². The van der Waals surface area contributed by atoms with Gasteiger partial charge in [0.1, 0.15) is 0 Å². The van der Waals surface area contributed by atoms with Crippen molar-refractivity contribution >= 4 is 12.1 Å². The van der Waals surface area contributed by atoms with E-state index in [2.05, 4.69) is 0 Å². The molecular formula is C2F2O2. The molecule has 0 amide bonds. The summed E-state index contributed by atoms with van der Waals surface area (Å²) in [5.41, 5.74) is 0. The maximum atomic E-state index is 10.5. The average molecular weight is 94.0 g/mol. The first-order valence-electron chi connectivity index (χ1n) is 1.04. The van der Waals surface area contributed by atoms with Crippen LogP contribution in [0.3, 0.4) is 0 Å². The quantitative estimate of drug-likeness (QED) is 0.338. The van der Waals surface area contributed by atoms with E-state index >= 15 is 0 Å². The predicted molar refractivity (Wildman–Crippen MR) is 12.2 cm³/mol. The number of halogens is 2. The van der Waals surface area contributed by atoms with E-state index in [-0.39, 0.29) is 0 Å². The van der Waals surface area contributed by atoms with Crippen molar-refractivity contribution in [1.29, 1.82) is 0 Å². The minimum atomic E-state index is -2.55. The lowest BCUT2D eigenvalue weighted by atomic mass is 10.8. The lowest BCUT2D eigenvalue weighted by Gasteiger charge is -1.63. The molecule has 0 saturated heterocycles. The highest BCUT2D eigenvalue weighted by molar-refractivity contribution is 6.28. The lowest BCUT2D eigenvalue weighted by Crippen LogP contribution is -1.97. The van der Waals surface area contributed by atoms with E-state index < -0.39 is 12.1 Å². The maximum Gasteiger partial charge on any atom is 0.401 e. The largest absolute Gasteiger partial charge is 0.401 e. The molecule has 0 atom stereocenters. The third-order valence-electron chi connectivity index (χ3n) is 0.155. The van der Waals surface area contributed by atoms with Crippen LogP contribution in [0.15, 0.2) is 0 Å². The zero-order valence-electron chi connectivity index (χ0n) is 2.57. The van der Waals surface area contributed by atoms with Crippen LogP contribution in [0.25, 0.3) is 0 Å². The Labute approximate surface area is 31.8 Å². The van der Waals surface area contributed by atoms with Crippen LogP contribution in [0.2, 0.25) is 0 Å². The first-order valence-corrected chi connectivity index (χ1v) is 1.04. The molecule has 0 aliphatic carbocycles. The zero-order valence-corrected chi connectivity index (χ0v) is 2.57. The SMILES string of the molecule is O=C(F)C(=O)F. The van der Waals surface area contributed by atoms with Crippen molar-refractivity contribution in [3.05, 3.63) is 0 Å². The van der Waals surface area contributed by atoms with Gasteiger partial charge in [-0.1, -0.05) is 0 Å². The number of rotatable bonds is 1. The minimum absolute atomic E-state index is 2.55. The Morgan fingerprint density at radius 3 is 1.17 bits per heavy atom. The first kappa shape index (κ1) is 5.20. The molecule has 0 spiro atoms. The standard InChI is InChI=1S/C2F2O2/c3-1(5)2(4)6. The van der Waals surface area contributed by atoms with Gasteiger partial charge in [-0.2, -0.15) is 8.78 Å². The molecule has 0 aromatic heterocycles. The summed E-state index contributed by atoms with van der Waals surface area (Å²) in [6, 6.07) is -5.09. The van der Waals surface area contributed by atoms with Gasteiger partial charge in [-0.3, -0.25) is 0 Å². The summed E-state index contributed by atoms with van der Waals surface area (Å²) in [5.74, 6) is 0. The molecule has 2 nitrogen and oxygen atoms in total. The summed E-state index contributed by atoms with van der Waals surface area (Å²) in [4.78, 5) is 17.5. The summed E-state index contributed by atoms with van der Waals surface area (Å²) in [7, 11) is 0. The van der Waals surface area contributed by atoms with Crippen LogP contribution in [-0.4, -0.2) is 12.1 Å².